The second-order valence-electron chi connectivity index (χ2n) is 6.09. The molecule has 174 valence electrons. The van der Waals surface area contributed by atoms with E-state index in [9.17, 15) is 33.7 Å². The van der Waals surface area contributed by atoms with Crippen LogP contribution in [0, 0.1) is 0 Å². The minimum atomic E-state index is -5.58. The van der Waals surface area contributed by atoms with Crippen molar-refractivity contribution < 1.29 is 56.5 Å². The average molecular weight is 506 g/mol. The summed E-state index contributed by atoms with van der Waals surface area (Å²) in [5, 5.41) is 20.4. The molecule has 0 bridgehead atoms. The largest absolute Gasteiger partial charge is 0.489 e. The Hall–Kier alpha value is -1.36. The van der Waals surface area contributed by atoms with E-state index in [0.717, 1.165) is 6.33 Å². The molecule has 9 N–H and O–H groups in total. The molecule has 0 radical (unpaired) electrons. The van der Waals surface area contributed by atoms with Crippen LogP contribution in [0.5, 0.6) is 0 Å². The second-order valence-corrected chi connectivity index (χ2v) is 10.7. The highest BCUT2D eigenvalue weighted by Gasteiger charge is 2.46. The Morgan fingerprint density at radius 1 is 1.06 bits per heavy atom. The zero-order valence-corrected chi connectivity index (χ0v) is 17.7. The third kappa shape index (κ3) is 5.71. The summed E-state index contributed by atoms with van der Waals surface area (Å²) in [6.45, 7) is -0.925. The lowest BCUT2D eigenvalue weighted by Gasteiger charge is -2.19. The summed E-state index contributed by atoms with van der Waals surface area (Å²) in [6.07, 6.45) is -3.59. The fourth-order valence-corrected chi connectivity index (χ4v) is 5.77. The number of rotatable bonds is 8. The maximum atomic E-state index is 11.8. The molecule has 0 aliphatic carbocycles. The van der Waals surface area contributed by atoms with E-state index in [0.29, 0.717) is 0 Å². The number of imidazole rings is 1. The second kappa shape index (κ2) is 8.53. The van der Waals surface area contributed by atoms with Crippen LogP contribution in [0.15, 0.2) is 12.7 Å². The number of aromatic nitrogens is 4. The number of phosphoric ester groups is 1. The van der Waals surface area contributed by atoms with Crippen molar-refractivity contribution in [1.29, 1.82) is 0 Å². The molecule has 2 aromatic rings. The highest BCUT2D eigenvalue weighted by atomic mass is 31.3. The maximum Gasteiger partial charge on any atom is 0.489 e. The smallest absolute Gasteiger partial charge is 0.387 e. The Morgan fingerprint density at radius 3 is 2.39 bits per heavy atom. The van der Waals surface area contributed by atoms with Gasteiger partial charge in [-0.2, -0.15) is 8.62 Å². The van der Waals surface area contributed by atoms with Gasteiger partial charge < -0.3 is 35.4 Å². The molecule has 0 spiro atoms. The van der Waals surface area contributed by atoms with E-state index < -0.39 is 54.5 Å². The first-order valence-electron chi connectivity index (χ1n) is 7.98. The lowest BCUT2D eigenvalue weighted by molar-refractivity contribution is -0.0503. The van der Waals surface area contributed by atoms with Gasteiger partial charge in [0.1, 0.15) is 30.2 Å². The molecule has 2 aromatic heterocycles. The molecule has 0 aromatic carbocycles. The number of anilines is 1. The maximum absolute atomic E-state index is 11.8. The average Bonchev–Trinajstić information content (AvgIpc) is 3.13. The first-order chi connectivity index (χ1) is 14.2. The third-order valence-electron chi connectivity index (χ3n) is 3.83. The molecule has 0 saturated carbocycles. The van der Waals surface area contributed by atoms with Crippen LogP contribution in [-0.4, -0.2) is 69.3 Å². The summed E-state index contributed by atoms with van der Waals surface area (Å²) in [5.41, 5.74) is 10.5. The molecule has 21 heteroatoms. The minimum Gasteiger partial charge on any atom is -0.387 e. The van der Waals surface area contributed by atoms with Crippen LogP contribution in [0.3, 0.4) is 0 Å². The van der Waals surface area contributed by atoms with Gasteiger partial charge >= 0.3 is 23.4 Å². The Labute approximate surface area is 172 Å². The van der Waals surface area contributed by atoms with Crippen LogP contribution in [0.4, 0.5) is 5.82 Å². The first kappa shape index (κ1) is 24.3. The molecule has 0 amide bonds. The van der Waals surface area contributed by atoms with Gasteiger partial charge in [-0.25, -0.2) is 34.2 Å². The zero-order chi connectivity index (χ0) is 23.2. The van der Waals surface area contributed by atoms with Crippen molar-refractivity contribution >= 4 is 40.4 Å². The molecule has 1 aliphatic heterocycles. The highest BCUT2D eigenvalue weighted by molar-refractivity contribution is 7.67. The molecule has 31 heavy (non-hydrogen) atoms. The molecule has 7 atom stereocenters. The number of nitrogens with two attached hydrogens (primary N) is 2. The van der Waals surface area contributed by atoms with E-state index in [4.69, 9.17) is 15.4 Å². The standard InChI is InChI=1S/C10H17N6O12P3/c11-8-5-9(14-2-13-8)16(3-15-5)10-7(18)6(17)4(26-10)1-25-30(21,22)28-31(23,24)27-29(12,19)20/h2-4,6-7,10,17-18H,1H2,(H,21,22)(H,23,24)(H2,11,13,14)(H3,12,19,20)/t4-,6?,7+,10-/m1/s1. The minimum absolute atomic E-state index is 0.0515. The van der Waals surface area contributed by atoms with Crippen molar-refractivity contribution in [3.63, 3.8) is 0 Å². The van der Waals surface area contributed by atoms with Gasteiger partial charge in [0.05, 0.1) is 12.9 Å². The summed E-state index contributed by atoms with van der Waals surface area (Å²) in [6, 6.07) is 0. The van der Waals surface area contributed by atoms with Crippen molar-refractivity contribution in [2.24, 2.45) is 5.50 Å². The van der Waals surface area contributed by atoms with Crippen LogP contribution in [0.1, 0.15) is 6.23 Å². The number of ether oxygens (including phenoxy) is 1. The first-order valence-corrected chi connectivity index (χ1v) is 12.6. The van der Waals surface area contributed by atoms with Crippen LogP contribution < -0.4 is 11.2 Å². The molecular weight excluding hydrogens is 489 g/mol. The lowest BCUT2D eigenvalue weighted by atomic mass is 10.1. The number of nitrogen functional groups attached to an aromatic ring is 1. The Kier molecular flexibility index (Phi) is 6.68. The Morgan fingerprint density at radius 2 is 1.74 bits per heavy atom. The highest BCUT2D eigenvalue weighted by Crippen LogP contribution is 2.65. The third-order valence-corrected chi connectivity index (χ3v) is 7.71. The van der Waals surface area contributed by atoms with Crippen molar-refractivity contribution in [2.45, 2.75) is 24.5 Å². The van der Waals surface area contributed by atoms with E-state index in [1.54, 1.807) is 0 Å². The quantitative estimate of drug-likeness (QED) is 0.197. The zero-order valence-electron chi connectivity index (χ0n) is 15.1. The van der Waals surface area contributed by atoms with Gasteiger partial charge in [-0.1, -0.05) is 0 Å². The normalized spacial score (nSPS) is 30.0. The van der Waals surface area contributed by atoms with Crippen LogP contribution in [0.25, 0.3) is 11.2 Å². The SMILES string of the molecule is Nc1ncnc2c1ncn2[C@@H]1O[C@H](COP(=O)(O)OP(=O)(O)OP(N)(=O)O)C(O)[C@@H]1O. The van der Waals surface area contributed by atoms with Gasteiger partial charge in [0.2, 0.25) is 0 Å². The number of nitrogens with zero attached hydrogens (tertiary/aromatic N) is 4. The number of hydrogen-bond acceptors (Lipinski definition) is 13. The Balaban J connectivity index is 1.69. The number of fused-ring (bicyclic) bond motifs is 1. The van der Waals surface area contributed by atoms with E-state index in [1.807, 2.05) is 0 Å². The lowest BCUT2D eigenvalue weighted by Crippen LogP contribution is -2.33. The topological polar surface area (TPSA) is 285 Å². The summed E-state index contributed by atoms with van der Waals surface area (Å²) < 4.78 is 52.6. The van der Waals surface area contributed by atoms with Gasteiger partial charge in [-0.15, -0.1) is 0 Å². The number of hydrogen-bond donors (Lipinski definition) is 7. The van der Waals surface area contributed by atoms with Crippen molar-refractivity contribution in [3.8, 4) is 0 Å². The fourth-order valence-electron chi connectivity index (χ4n) is 2.64. The van der Waals surface area contributed by atoms with Gasteiger partial charge in [0.25, 0.3) is 0 Å². The van der Waals surface area contributed by atoms with Crippen molar-refractivity contribution in [2.75, 3.05) is 12.3 Å². The van der Waals surface area contributed by atoms with Crippen LogP contribution in [-0.2, 0) is 31.6 Å². The van der Waals surface area contributed by atoms with Gasteiger partial charge in [0.15, 0.2) is 17.7 Å². The molecule has 18 nitrogen and oxygen atoms in total. The van der Waals surface area contributed by atoms with Crippen LogP contribution in [0.2, 0.25) is 0 Å². The fraction of sp³-hybridized carbons (Fsp3) is 0.500. The number of phosphoric acid groups is 2. The van der Waals surface area contributed by atoms with E-state index in [1.165, 1.54) is 10.9 Å². The van der Waals surface area contributed by atoms with Crippen molar-refractivity contribution in [1.82, 2.24) is 19.5 Å². The number of aliphatic hydroxyl groups excluding tert-OH is 2. The summed E-state index contributed by atoms with van der Waals surface area (Å²) in [5.74, 6) is 0.0515. The molecular formula is C10H17N6O12P3. The molecule has 3 heterocycles. The van der Waals surface area contributed by atoms with Gasteiger partial charge in [-0.3, -0.25) is 9.09 Å². The van der Waals surface area contributed by atoms with Crippen molar-refractivity contribution in [3.05, 3.63) is 12.7 Å². The molecule has 3 rings (SSSR count). The van der Waals surface area contributed by atoms with Gasteiger partial charge in [0, 0.05) is 0 Å². The van der Waals surface area contributed by atoms with E-state index >= 15 is 0 Å². The molecule has 1 saturated heterocycles. The monoisotopic (exact) mass is 506 g/mol. The molecule has 1 fully saturated rings. The summed E-state index contributed by atoms with van der Waals surface area (Å²) in [7, 11) is -16.0. The van der Waals surface area contributed by atoms with Gasteiger partial charge in [-0.05, 0) is 0 Å². The summed E-state index contributed by atoms with van der Waals surface area (Å²) in [4.78, 5) is 39.1. The molecule has 1 aliphatic rings. The predicted octanol–water partition coefficient (Wildman–Crippen LogP) is -1.66. The van der Waals surface area contributed by atoms with E-state index in [-0.39, 0.29) is 17.0 Å². The molecule has 4 unspecified atom stereocenters. The predicted molar refractivity (Wildman–Crippen MR) is 97.4 cm³/mol. The number of aliphatic hydroxyl groups is 2. The van der Waals surface area contributed by atoms with Crippen LogP contribution >= 0.6 is 23.4 Å². The van der Waals surface area contributed by atoms with E-state index in [2.05, 4.69) is 33.6 Å². The summed E-state index contributed by atoms with van der Waals surface area (Å²) >= 11 is 0. The Bertz CT molecular complexity index is 1110.